The van der Waals surface area contributed by atoms with Crippen LogP contribution in [-0.4, -0.2) is 95.3 Å². The zero-order valence-electron chi connectivity index (χ0n) is 25.7. The normalized spacial score (nSPS) is 20.6. The Labute approximate surface area is 271 Å². The quantitative estimate of drug-likeness (QED) is 0.413. The third-order valence-electron chi connectivity index (χ3n) is 9.98. The number of amides is 4. The summed E-state index contributed by atoms with van der Waals surface area (Å²) in [5.41, 5.74) is 6.15. The van der Waals surface area contributed by atoms with Gasteiger partial charge in [0.25, 0.3) is 0 Å². The van der Waals surface area contributed by atoms with Gasteiger partial charge in [-0.1, -0.05) is 29.8 Å². The molecular formula is C33H40ClF3N6O3. The number of para-hydroxylation sites is 1. The minimum atomic E-state index is -4.71. The van der Waals surface area contributed by atoms with Crippen LogP contribution in [0, 0.1) is 5.92 Å². The maximum absolute atomic E-state index is 13.8. The zero-order chi connectivity index (χ0) is 32.6. The summed E-state index contributed by atoms with van der Waals surface area (Å²) in [5, 5.41) is 2.77. The van der Waals surface area contributed by atoms with Crippen molar-refractivity contribution in [2.24, 2.45) is 5.92 Å². The topological polar surface area (TPSA) is 102 Å². The van der Waals surface area contributed by atoms with Gasteiger partial charge in [-0.05, 0) is 80.9 Å². The van der Waals surface area contributed by atoms with Gasteiger partial charge in [0.2, 0.25) is 11.8 Å². The van der Waals surface area contributed by atoms with Crippen LogP contribution >= 0.6 is 11.6 Å². The smallest absolute Gasteiger partial charge is 0.397 e. The van der Waals surface area contributed by atoms with Crippen molar-refractivity contribution >= 4 is 40.8 Å². The van der Waals surface area contributed by atoms with Gasteiger partial charge in [0, 0.05) is 56.9 Å². The predicted molar refractivity (Wildman–Crippen MR) is 169 cm³/mol. The van der Waals surface area contributed by atoms with Crippen molar-refractivity contribution in [1.29, 1.82) is 0 Å². The molecule has 2 aromatic carbocycles. The number of nitrogen functional groups attached to an aromatic ring is 1. The van der Waals surface area contributed by atoms with Gasteiger partial charge in [0.05, 0.1) is 22.2 Å². The molecule has 0 saturated carbocycles. The van der Waals surface area contributed by atoms with Gasteiger partial charge in [0.1, 0.15) is 0 Å². The lowest BCUT2D eigenvalue weighted by molar-refractivity contribution is -0.147. The van der Waals surface area contributed by atoms with Crippen molar-refractivity contribution in [3.8, 4) is 0 Å². The highest BCUT2D eigenvalue weighted by Crippen LogP contribution is 2.39. The molecule has 3 fully saturated rings. The van der Waals surface area contributed by atoms with Crippen LogP contribution in [0.5, 0.6) is 0 Å². The first kappa shape index (κ1) is 32.4. The molecule has 1 unspecified atom stereocenters. The molecule has 0 bridgehead atoms. The largest absolute Gasteiger partial charge is 0.418 e. The van der Waals surface area contributed by atoms with Crippen LogP contribution in [0.15, 0.2) is 36.4 Å². The first-order chi connectivity index (χ1) is 22.0. The predicted octanol–water partition coefficient (Wildman–Crippen LogP) is 4.88. The molecule has 248 valence electrons. The van der Waals surface area contributed by atoms with E-state index >= 15 is 0 Å². The second kappa shape index (κ2) is 13.3. The van der Waals surface area contributed by atoms with Crippen molar-refractivity contribution in [3.05, 3.63) is 58.1 Å². The number of halogens is 4. The Morgan fingerprint density at radius 2 is 1.67 bits per heavy atom. The summed E-state index contributed by atoms with van der Waals surface area (Å²) in [6.07, 6.45) is -0.710. The number of likely N-dealkylation sites (tertiary alicyclic amines) is 3. The number of nitrogens with one attached hydrogen (secondary N) is 1. The van der Waals surface area contributed by atoms with E-state index in [1.165, 1.54) is 6.07 Å². The molecule has 0 radical (unpaired) electrons. The first-order valence-electron chi connectivity index (χ1n) is 16.1. The van der Waals surface area contributed by atoms with Gasteiger partial charge in [-0.2, -0.15) is 13.2 Å². The highest BCUT2D eigenvalue weighted by atomic mass is 35.5. The van der Waals surface area contributed by atoms with Crippen molar-refractivity contribution in [3.63, 3.8) is 0 Å². The number of urea groups is 1. The van der Waals surface area contributed by atoms with Crippen molar-refractivity contribution < 1.29 is 27.6 Å². The monoisotopic (exact) mass is 660 g/mol. The number of benzene rings is 2. The number of rotatable bonds is 7. The van der Waals surface area contributed by atoms with Crippen molar-refractivity contribution in [2.75, 3.05) is 56.9 Å². The molecule has 4 aliphatic rings. The minimum absolute atomic E-state index is 0.0305. The number of nitrogens with zero attached hydrogens (tertiary/aromatic N) is 4. The summed E-state index contributed by atoms with van der Waals surface area (Å²) in [4.78, 5) is 48.1. The molecule has 1 atom stereocenters. The Morgan fingerprint density at radius 3 is 2.37 bits per heavy atom. The van der Waals surface area contributed by atoms with Gasteiger partial charge >= 0.3 is 12.2 Å². The van der Waals surface area contributed by atoms with Crippen molar-refractivity contribution in [2.45, 2.75) is 63.2 Å². The van der Waals surface area contributed by atoms with Crippen molar-refractivity contribution in [1.82, 2.24) is 19.6 Å². The third kappa shape index (κ3) is 6.92. The molecule has 4 amide bonds. The number of alkyl halides is 3. The number of carbonyl (C=O) groups excluding carboxylic acids is 3. The second-order valence-corrected chi connectivity index (χ2v) is 13.3. The molecule has 2 aromatic rings. The fourth-order valence-corrected chi connectivity index (χ4v) is 7.54. The highest BCUT2D eigenvalue weighted by molar-refractivity contribution is 6.33. The van der Waals surface area contributed by atoms with Gasteiger partial charge in [-0.15, -0.1) is 0 Å². The average molecular weight is 661 g/mol. The molecule has 13 heteroatoms. The van der Waals surface area contributed by atoms with E-state index in [4.69, 9.17) is 17.3 Å². The highest BCUT2D eigenvalue weighted by Gasteiger charge is 2.40. The van der Waals surface area contributed by atoms with Crippen LogP contribution in [0.3, 0.4) is 0 Å². The number of hydrogen-bond acceptors (Lipinski definition) is 5. The van der Waals surface area contributed by atoms with Crippen LogP contribution in [0.4, 0.5) is 29.3 Å². The van der Waals surface area contributed by atoms with Gasteiger partial charge in [-0.25, -0.2) is 4.79 Å². The van der Waals surface area contributed by atoms with Crippen LogP contribution in [0.1, 0.15) is 48.8 Å². The van der Waals surface area contributed by atoms with Crippen LogP contribution in [0.2, 0.25) is 5.02 Å². The number of piperidine rings is 1. The zero-order valence-corrected chi connectivity index (χ0v) is 26.5. The maximum Gasteiger partial charge on any atom is 0.418 e. The summed E-state index contributed by atoms with van der Waals surface area (Å²) in [7, 11) is 0. The molecule has 0 aromatic heterocycles. The summed E-state index contributed by atoms with van der Waals surface area (Å²) in [5.74, 6) is -1.31. The van der Waals surface area contributed by atoms with E-state index in [9.17, 15) is 27.6 Å². The fraction of sp³-hybridized carbons (Fsp3) is 0.545. The van der Waals surface area contributed by atoms with E-state index in [-0.39, 0.29) is 53.4 Å². The Hall–Kier alpha value is -3.51. The second-order valence-electron chi connectivity index (χ2n) is 12.9. The molecule has 46 heavy (non-hydrogen) atoms. The summed E-state index contributed by atoms with van der Waals surface area (Å²) < 4.78 is 41.1. The Kier molecular flexibility index (Phi) is 9.38. The molecule has 6 rings (SSSR count). The molecule has 9 nitrogen and oxygen atoms in total. The summed E-state index contributed by atoms with van der Waals surface area (Å²) in [6, 6.07) is 10.1. The molecule has 0 spiro atoms. The standard InChI is InChI=1S/C33H40ClF3N6O3/c34-27-17-21(16-26(30(27)38)33(35,36)37)15-23(31(45)42-19-25(20-42)40-10-3-4-11-40)18-29(44)41-12-8-24(9-13-41)43-14-7-22-5-1-2-6-28(22)39-32(43)46/h1-2,5-6,16-17,23-25H,3-4,7-15,18-20,38H2,(H,39,46). The van der Waals surface area contributed by atoms with E-state index in [2.05, 4.69) is 10.2 Å². The maximum atomic E-state index is 13.8. The average Bonchev–Trinajstić information content (AvgIpc) is 3.46. The molecule has 0 aliphatic carbocycles. The van der Waals surface area contributed by atoms with Crippen LogP contribution in [-0.2, 0) is 28.6 Å². The summed E-state index contributed by atoms with van der Waals surface area (Å²) in [6.45, 7) is 4.53. The Bertz CT molecular complexity index is 1470. The molecule has 3 N–H and O–H groups in total. The number of nitrogens with two attached hydrogens (primary N) is 1. The van der Waals surface area contributed by atoms with E-state index in [1.807, 2.05) is 29.2 Å². The lowest BCUT2D eigenvalue weighted by Crippen LogP contribution is -2.61. The first-order valence-corrected chi connectivity index (χ1v) is 16.5. The molecule has 3 saturated heterocycles. The van der Waals surface area contributed by atoms with Gasteiger partial charge < -0.3 is 25.8 Å². The van der Waals surface area contributed by atoms with E-state index in [0.29, 0.717) is 45.6 Å². The SMILES string of the molecule is Nc1c(Cl)cc(CC(CC(=O)N2CCC(N3CCc4ccccc4NC3=O)CC2)C(=O)N2CC(N3CCCC3)C2)cc1C(F)(F)F. The van der Waals surface area contributed by atoms with Gasteiger partial charge in [0.15, 0.2) is 0 Å². The third-order valence-corrected chi connectivity index (χ3v) is 10.3. The van der Waals surface area contributed by atoms with E-state index in [0.717, 1.165) is 49.7 Å². The fourth-order valence-electron chi connectivity index (χ4n) is 7.29. The summed E-state index contributed by atoms with van der Waals surface area (Å²) >= 11 is 6.10. The minimum Gasteiger partial charge on any atom is -0.397 e. The molecular weight excluding hydrogens is 621 g/mol. The lowest BCUT2D eigenvalue weighted by Gasteiger charge is -2.45. The number of hydrogen-bond donors (Lipinski definition) is 2. The van der Waals surface area contributed by atoms with E-state index in [1.54, 1.807) is 9.80 Å². The molecule has 4 heterocycles. The molecule has 4 aliphatic heterocycles. The number of carbonyl (C=O) groups is 3. The number of anilines is 2. The van der Waals surface area contributed by atoms with Crippen LogP contribution in [0.25, 0.3) is 0 Å². The van der Waals surface area contributed by atoms with Crippen LogP contribution < -0.4 is 11.1 Å². The lowest BCUT2D eigenvalue weighted by atomic mass is 9.90. The Balaban J connectivity index is 1.12. The Morgan fingerprint density at radius 1 is 0.978 bits per heavy atom. The van der Waals surface area contributed by atoms with E-state index < -0.39 is 23.3 Å². The van der Waals surface area contributed by atoms with Gasteiger partial charge in [-0.3, -0.25) is 14.5 Å². The number of fused-ring (bicyclic) bond motifs is 1.